The first-order valence-electron chi connectivity index (χ1n) is 4.75. The fraction of sp³-hybridized carbons (Fsp3) is 0.455. The molecular weight excluding hydrogens is 197 g/mol. The number of ether oxygens (including phenoxy) is 2. The molecule has 0 amide bonds. The van der Waals surface area contributed by atoms with Crippen LogP contribution in [0.25, 0.3) is 0 Å². The van der Waals surface area contributed by atoms with Gasteiger partial charge in [0.05, 0.1) is 14.2 Å². The molecule has 0 saturated carbocycles. The summed E-state index contributed by atoms with van der Waals surface area (Å²) in [5.41, 5.74) is 6.11. The summed E-state index contributed by atoms with van der Waals surface area (Å²) in [4.78, 5) is 0. The average molecular weight is 213 g/mol. The van der Waals surface area contributed by atoms with E-state index in [1.165, 1.54) is 14.2 Å². The summed E-state index contributed by atoms with van der Waals surface area (Å²) in [7, 11) is 2.94. The fourth-order valence-electron chi connectivity index (χ4n) is 1.44. The van der Waals surface area contributed by atoms with Crippen LogP contribution in [0.15, 0.2) is 12.1 Å². The molecule has 1 aromatic carbocycles. The normalized spacial score (nSPS) is 12.3. The lowest BCUT2D eigenvalue weighted by atomic mass is 10.1. The van der Waals surface area contributed by atoms with Gasteiger partial charge >= 0.3 is 0 Å². The second-order valence-electron chi connectivity index (χ2n) is 3.44. The molecule has 4 heteroatoms. The minimum atomic E-state index is -0.394. The second-order valence-corrected chi connectivity index (χ2v) is 3.44. The van der Waals surface area contributed by atoms with E-state index in [-0.39, 0.29) is 11.8 Å². The summed E-state index contributed by atoms with van der Waals surface area (Å²) in [5, 5.41) is 0. The van der Waals surface area contributed by atoms with Gasteiger partial charge in [-0.1, -0.05) is 0 Å². The zero-order valence-corrected chi connectivity index (χ0v) is 9.21. The van der Waals surface area contributed by atoms with Gasteiger partial charge in [-0.3, -0.25) is 0 Å². The van der Waals surface area contributed by atoms with Crippen LogP contribution in [0, 0.1) is 5.82 Å². The zero-order valence-electron chi connectivity index (χ0n) is 9.21. The van der Waals surface area contributed by atoms with E-state index < -0.39 is 5.82 Å². The van der Waals surface area contributed by atoms with Gasteiger partial charge in [0, 0.05) is 11.6 Å². The maximum absolute atomic E-state index is 13.8. The van der Waals surface area contributed by atoms with Crippen LogP contribution in [0.5, 0.6) is 11.5 Å². The molecule has 0 aliphatic carbocycles. The standard InChI is InChI=1S/C11H16FNO2/c1-7(13)6-8-9(14-2)4-5-10(15-3)11(8)12/h4-5,7H,6,13H2,1-3H3. The predicted octanol–water partition coefficient (Wildman–Crippen LogP) is 1.73. The Morgan fingerprint density at radius 3 is 2.27 bits per heavy atom. The van der Waals surface area contributed by atoms with Gasteiger partial charge in [-0.15, -0.1) is 0 Å². The smallest absolute Gasteiger partial charge is 0.171 e. The van der Waals surface area contributed by atoms with Crippen LogP contribution in [0.3, 0.4) is 0 Å². The van der Waals surface area contributed by atoms with Gasteiger partial charge in [0.15, 0.2) is 11.6 Å². The maximum atomic E-state index is 13.8. The zero-order chi connectivity index (χ0) is 11.4. The van der Waals surface area contributed by atoms with Crippen LogP contribution in [-0.4, -0.2) is 20.3 Å². The lowest BCUT2D eigenvalue weighted by Crippen LogP contribution is -2.19. The molecule has 1 unspecified atom stereocenters. The minimum absolute atomic E-state index is 0.125. The molecule has 1 atom stereocenters. The molecule has 0 heterocycles. The SMILES string of the molecule is COc1ccc(OC)c(CC(C)N)c1F. The van der Waals surface area contributed by atoms with Gasteiger partial charge in [-0.25, -0.2) is 4.39 Å². The van der Waals surface area contributed by atoms with Crippen molar-refractivity contribution in [3.63, 3.8) is 0 Å². The maximum Gasteiger partial charge on any atom is 0.171 e. The van der Waals surface area contributed by atoms with Crippen LogP contribution >= 0.6 is 0 Å². The van der Waals surface area contributed by atoms with E-state index in [1.54, 1.807) is 12.1 Å². The molecule has 84 valence electrons. The fourth-order valence-corrected chi connectivity index (χ4v) is 1.44. The molecule has 15 heavy (non-hydrogen) atoms. The van der Waals surface area contributed by atoms with Crippen molar-refractivity contribution in [1.29, 1.82) is 0 Å². The van der Waals surface area contributed by atoms with Crippen LogP contribution in [0.1, 0.15) is 12.5 Å². The highest BCUT2D eigenvalue weighted by atomic mass is 19.1. The van der Waals surface area contributed by atoms with Crippen molar-refractivity contribution in [1.82, 2.24) is 0 Å². The van der Waals surface area contributed by atoms with Crippen molar-refractivity contribution in [2.75, 3.05) is 14.2 Å². The van der Waals surface area contributed by atoms with E-state index in [2.05, 4.69) is 0 Å². The third kappa shape index (κ3) is 2.59. The summed E-state index contributed by atoms with van der Waals surface area (Å²) in [6.07, 6.45) is 0.423. The number of nitrogens with two attached hydrogens (primary N) is 1. The Hall–Kier alpha value is -1.29. The third-order valence-corrected chi connectivity index (χ3v) is 2.13. The molecule has 2 N–H and O–H groups in total. The van der Waals surface area contributed by atoms with Crippen molar-refractivity contribution in [2.45, 2.75) is 19.4 Å². The quantitative estimate of drug-likeness (QED) is 0.828. The Morgan fingerprint density at radius 1 is 1.27 bits per heavy atom. The van der Waals surface area contributed by atoms with E-state index in [0.29, 0.717) is 17.7 Å². The summed E-state index contributed by atoms with van der Waals surface area (Å²) in [6, 6.07) is 3.10. The van der Waals surface area contributed by atoms with Crippen LogP contribution < -0.4 is 15.2 Å². The topological polar surface area (TPSA) is 44.5 Å². The largest absolute Gasteiger partial charge is 0.496 e. The molecule has 0 bridgehead atoms. The summed E-state index contributed by atoms with van der Waals surface area (Å²) >= 11 is 0. The van der Waals surface area contributed by atoms with E-state index >= 15 is 0 Å². The third-order valence-electron chi connectivity index (χ3n) is 2.13. The number of methoxy groups -OCH3 is 2. The van der Waals surface area contributed by atoms with Crippen LogP contribution in [0.4, 0.5) is 4.39 Å². The molecule has 1 aromatic rings. The van der Waals surface area contributed by atoms with Gasteiger partial charge in [-0.05, 0) is 25.5 Å². The number of rotatable bonds is 4. The van der Waals surface area contributed by atoms with E-state index in [1.807, 2.05) is 6.92 Å². The molecular formula is C11H16FNO2. The molecule has 0 radical (unpaired) electrons. The van der Waals surface area contributed by atoms with Crippen molar-refractivity contribution in [2.24, 2.45) is 5.73 Å². The van der Waals surface area contributed by atoms with Gasteiger partial charge < -0.3 is 15.2 Å². The summed E-state index contributed by atoms with van der Waals surface area (Å²) < 4.78 is 23.8. The van der Waals surface area contributed by atoms with Crippen LogP contribution in [-0.2, 0) is 6.42 Å². The molecule has 1 rings (SSSR count). The molecule has 0 aliphatic heterocycles. The lowest BCUT2D eigenvalue weighted by Gasteiger charge is -2.13. The Balaban J connectivity index is 3.16. The monoisotopic (exact) mass is 213 g/mol. The number of hydrogen-bond donors (Lipinski definition) is 1. The van der Waals surface area contributed by atoms with E-state index in [0.717, 1.165) is 0 Å². The number of hydrogen-bond acceptors (Lipinski definition) is 3. The van der Waals surface area contributed by atoms with Crippen LogP contribution in [0.2, 0.25) is 0 Å². The van der Waals surface area contributed by atoms with Crippen molar-refractivity contribution < 1.29 is 13.9 Å². The molecule has 0 fully saturated rings. The number of benzene rings is 1. The molecule has 3 nitrogen and oxygen atoms in total. The van der Waals surface area contributed by atoms with E-state index in [9.17, 15) is 4.39 Å². The predicted molar refractivity (Wildman–Crippen MR) is 56.9 cm³/mol. The number of halogens is 1. The summed E-state index contributed by atoms with van der Waals surface area (Å²) in [5.74, 6) is 0.325. The minimum Gasteiger partial charge on any atom is -0.496 e. The summed E-state index contributed by atoms with van der Waals surface area (Å²) in [6.45, 7) is 1.82. The Bertz CT molecular complexity index is 340. The highest BCUT2D eigenvalue weighted by Gasteiger charge is 2.15. The van der Waals surface area contributed by atoms with E-state index in [4.69, 9.17) is 15.2 Å². The second kappa shape index (κ2) is 4.98. The Labute approximate surface area is 89.0 Å². The highest BCUT2D eigenvalue weighted by molar-refractivity contribution is 5.42. The Kier molecular flexibility index (Phi) is 3.91. The lowest BCUT2D eigenvalue weighted by molar-refractivity contribution is 0.370. The van der Waals surface area contributed by atoms with Crippen molar-refractivity contribution >= 4 is 0 Å². The first kappa shape index (κ1) is 11.8. The molecule has 0 spiro atoms. The highest BCUT2D eigenvalue weighted by Crippen LogP contribution is 2.29. The van der Waals surface area contributed by atoms with Gasteiger partial charge in [-0.2, -0.15) is 0 Å². The van der Waals surface area contributed by atoms with Crippen molar-refractivity contribution in [3.8, 4) is 11.5 Å². The van der Waals surface area contributed by atoms with Gasteiger partial charge in [0.25, 0.3) is 0 Å². The molecule has 0 aliphatic rings. The van der Waals surface area contributed by atoms with Gasteiger partial charge in [0.1, 0.15) is 5.75 Å². The first-order chi connectivity index (χ1) is 7.10. The van der Waals surface area contributed by atoms with Crippen molar-refractivity contribution in [3.05, 3.63) is 23.5 Å². The van der Waals surface area contributed by atoms with Gasteiger partial charge in [0.2, 0.25) is 0 Å². The first-order valence-corrected chi connectivity index (χ1v) is 4.75. The molecule has 0 saturated heterocycles. The average Bonchev–Trinajstić information content (AvgIpc) is 2.20. The molecule has 0 aromatic heterocycles. The Morgan fingerprint density at radius 2 is 1.80 bits per heavy atom.